The number of hydrogen-bond acceptors (Lipinski definition) is 0. The van der Waals surface area contributed by atoms with Gasteiger partial charge in [-0.05, 0) is 57.3 Å². The van der Waals surface area contributed by atoms with Crippen molar-refractivity contribution in [1.82, 2.24) is 0 Å². The number of hydrogen-bond donors (Lipinski definition) is 0. The third-order valence-electron chi connectivity index (χ3n) is 3.32. The van der Waals surface area contributed by atoms with Crippen LogP contribution in [0.4, 0.5) is 0 Å². The highest BCUT2D eigenvalue weighted by Gasteiger charge is 2.22. The minimum absolute atomic E-state index is 1.08. The Bertz CT molecular complexity index is 202. The highest BCUT2D eigenvalue weighted by atomic mass is 14.3. The van der Waals surface area contributed by atoms with Crippen LogP contribution in [0, 0.1) is 5.92 Å². The van der Waals surface area contributed by atoms with Crippen molar-refractivity contribution >= 4 is 0 Å². The number of allylic oxidation sites excluding steroid dienone is 4. The van der Waals surface area contributed by atoms with Crippen LogP contribution in [0.1, 0.15) is 51.4 Å². The summed E-state index contributed by atoms with van der Waals surface area (Å²) in [5, 5.41) is 0. The Balaban J connectivity index is 0.000000102. The minimum Gasteiger partial charge on any atom is -0.0885 e. The van der Waals surface area contributed by atoms with E-state index in [1.807, 2.05) is 0 Å². The van der Waals surface area contributed by atoms with Crippen LogP contribution >= 0.6 is 0 Å². The molecule has 72 valence electrons. The molecule has 0 aromatic rings. The lowest BCUT2D eigenvalue weighted by molar-refractivity contribution is 0.576. The zero-order valence-corrected chi connectivity index (χ0v) is 8.47. The van der Waals surface area contributed by atoms with Crippen molar-refractivity contribution < 1.29 is 0 Å². The summed E-state index contributed by atoms with van der Waals surface area (Å²) in [5.74, 6) is 1.08. The molecule has 1 atom stereocenters. The van der Waals surface area contributed by atoms with Crippen molar-refractivity contribution in [3.63, 3.8) is 0 Å². The molecule has 1 fully saturated rings. The van der Waals surface area contributed by atoms with E-state index in [-0.39, 0.29) is 0 Å². The normalized spacial score (nSPS) is 29.5. The van der Waals surface area contributed by atoms with Crippen LogP contribution in [0.2, 0.25) is 0 Å². The van der Waals surface area contributed by atoms with Gasteiger partial charge in [0.05, 0.1) is 0 Å². The van der Waals surface area contributed by atoms with E-state index in [1.165, 1.54) is 51.4 Å². The number of fused-ring (bicyclic) bond motifs is 2. The van der Waals surface area contributed by atoms with E-state index >= 15 is 0 Å². The average Bonchev–Trinajstić information content (AvgIpc) is 2.85. The smallest absolute Gasteiger partial charge is 0.0289 e. The first-order valence-electron chi connectivity index (χ1n) is 5.78. The topological polar surface area (TPSA) is 0 Å². The van der Waals surface area contributed by atoms with Crippen molar-refractivity contribution in [3.05, 3.63) is 23.8 Å². The van der Waals surface area contributed by atoms with Crippen LogP contribution in [0.15, 0.2) is 23.8 Å². The highest BCUT2D eigenvalue weighted by Crippen LogP contribution is 2.38. The van der Waals surface area contributed by atoms with E-state index < -0.39 is 0 Å². The van der Waals surface area contributed by atoms with E-state index in [0.29, 0.717) is 0 Å². The SMILES string of the molecule is C1=C2CCC(C1)C2.C1=CCCCC1. The van der Waals surface area contributed by atoms with Crippen molar-refractivity contribution in [2.75, 3.05) is 0 Å². The zero-order valence-electron chi connectivity index (χ0n) is 8.47. The average molecular weight is 176 g/mol. The summed E-state index contributed by atoms with van der Waals surface area (Å²) >= 11 is 0. The molecule has 13 heavy (non-hydrogen) atoms. The van der Waals surface area contributed by atoms with Crippen LogP contribution in [-0.4, -0.2) is 0 Å². The van der Waals surface area contributed by atoms with Gasteiger partial charge >= 0.3 is 0 Å². The Morgan fingerprint density at radius 2 is 1.85 bits per heavy atom. The van der Waals surface area contributed by atoms with Gasteiger partial charge < -0.3 is 0 Å². The first kappa shape index (κ1) is 9.05. The molecule has 0 aromatic heterocycles. The first-order chi connectivity index (χ1) is 6.45. The van der Waals surface area contributed by atoms with E-state index in [4.69, 9.17) is 0 Å². The first-order valence-corrected chi connectivity index (χ1v) is 5.78. The van der Waals surface area contributed by atoms with Crippen LogP contribution in [0.5, 0.6) is 0 Å². The summed E-state index contributed by atoms with van der Waals surface area (Å²) in [6, 6.07) is 0. The van der Waals surface area contributed by atoms with E-state index in [2.05, 4.69) is 18.2 Å². The second kappa shape index (κ2) is 4.64. The van der Waals surface area contributed by atoms with Gasteiger partial charge in [-0.25, -0.2) is 0 Å². The molecule has 3 aliphatic rings. The molecule has 0 nitrogen and oxygen atoms in total. The van der Waals surface area contributed by atoms with Crippen molar-refractivity contribution in [2.24, 2.45) is 5.92 Å². The summed E-state index contributed by atoms with van der Waals surface area (Å²) in [5.41, 5.74) is 1.74. The van der Waals surface area contributed by atoms with Crippen LogP contribution in [0.25, 0.3) is 0 Å². The summed E-state index contributed by atoms with van der Waals surface area (Å²) in [6.45, 7) is 0. The molecular weight excluding hydrogens is 156 g/mol. The molecule has 0 N–H and O–H groups in total. The monoisotopic (exact) mass is 176 g/mol. The van der Waals surface area contributed by atoms with Crippen molar-refractivity contribution in [1.29, 1.82) is 0 Å². The van der Waals surface area contributed by atoms with Gasteiger partial charge in [0, 0.05) is 0 Å². The molecule has 0 saturated heterocycles. The summed E-state index contributed by atoms with van der Waals surface area (Å²) in [6.07, 6.45) is 18.2. The van der Waals surface area contributed by atoms with Crippen molar-refractivity contribution in [3.8, 4) is 0 Å². The van der Waals surface area contributed by atoms with Crippen LogP contribution in [-0.2, 0) is 0 Å². The van der Waals surface area contributed by atoms with Gasteiger partial charge in [0.25, 0.3) is 0 Å². The van der Waals surface area contributed by atoms with Crippen LogP contribution in [0.3, 0.4) is 0 Å². The fourth-order valence-electron chi connectivity index (χ4n) is 2.44. The maximum atomic E-state index is 2.42. The lowest BCUT2D eigenvalue weighted by Crippen LogP contribution is -1.85. The lowest BCUT2D eigenvalue weighted by atomic mass is 10.1. The molecule has 3 rings (SSSR count). The summed E-state index contributed by atoms with van der Waals surface area (Å²) in [4.78, 5) is 0. The Hall–Kier alpha value is -0.520. The zero-order chi connectivity index (χ0) is 8.93. The quantitative estimate of drug-likeness (QED) is 0.484. The van der Waals surface area contributed by atoms with E-state index in [9.17, 15) is 0 Å². The molecule has 1 saturated carbocycles. The van der Waals surface area contributed by atoms with E-state index in [0.717, 1.165) is 5.92 Å². The van der Waals surface area contributed by atoms with Gasteiger partial charge in [0.15, 0.2) is 0 Å². The largest absolute Gasteiger partial charge is 0.0885 e. The molecule has 2 bridgehead atoms. The predicted octanol–water partition coefficient (Wildman–Crippen LogP) is 4.23. The van der Waals surface area contributed by atoms with Gasteiger partial charge in [-0.2, -0.15) is 0 Å². The maximum Gasteiger partial charge on any atom is -0.0289 e. The fourth-order valence-corrected chi connectivity index (χ4v) is 2.44. The summed E-state index contributed by atoms with van der Waals surface area (Å²) < 4.78 is 0. The molecule has 0 spiro atoms. The maximum absolute atomic E-state index is 2.42. The predicted molar refractivity (Wildman–Crippen MR) is 57.6 cm³/mol. The number of rotatable bonds is 0. The van der Waals surface area contributed by atoms with Gasteiger partial charge in [0.1, 0.15) is 0 Å². The minimum atomic E-state index is 1.08. The second-order valence-electron chi connectivity index (χ2n) is 4.46. The molecule has 3 aliphatic carbocycles. The molecule has 0 heterocycles. The second-order valence-corrected chi connectivity index (χ2v) is 4.46. The van der Waals surface area contributed by atoms with E-state index in [1.54, 1.807) is 5.57 Å². The van der Waals surface area contributed by atoms with Gasteiger partial charge in [0.2, 0.25) is 0 Å². The highest BCUT2D eigenvalue weighted by molar-refractivity contribution is 5.15. The standard InChI is InChI=1S/C7H10.C6H10/c1-2-7-4-3-6(1)5-7;1-2-4-6-5-3-1/h1,7H,2-5H2;1-2H,3-6H2. The summed E-state index contributed by atoms with van der Waals surface area (Å²) in [7, 11) is 0. The Morgan fingerprint density at radius 3 is 2.00 bits per heavy atom. The van der Waals surface area contributed by atoms with Gasteiger partial charge in [-0.15, -0.1) is 0 Å². The molecule has 0 aromatic carbocycles. The fraction of sp³-hybridized carbons (Fsp3) is 0.692. The third kappa shape index (κ3) is 2.72. The Labute approximate surface area is 81.7 Å². The molecule has 0 amide bonds. The molecule has 0 aliphatic heterocycles. The third-order valence-corrected chi connectivity index (χ3v) is 3.32. The van der Waals surface area contributed by atoms with Crippen LogP contribution < -0.4 is 0 Å². The lowest BCUT2D eigenvalue weighted by Gasteiger charge is -1.98. The van der Waals surface area contributed by atoms with Gasteiger partial charge in [-0.1, -0.05) is 23.8 Å². The molecule has 0 radical (unpaired) electrons. The Morgan fingerprint density at radius 1 is 1.08 bits per heavy atom. The van der Waals surface area contributed by atoms with Crippen molar-refractivity contribution in [2.45, 2.75) is 51.4 Å². The molecule has 0 heteroatoms. The molecule has 1 unspecified atom stereocenters. The Kier molecular flexibility index (Phi) is 3.23. The van der Waals surface area contributed by atoms with Gasteiger partial charge in [-0.3, -0.25) is 0 Å². The molecular formula is C13H20.